The highest BCUT2D eigenvalue weighted by Crippen LogP contribution is 2.33. The van der Waals surface area contributed by atoms with Gasteiger partial charge in [0.25, 0.3) is 0 Å². The van der Waals surface area contributed by atoms with Gasteiger partial charge in [0.15, 0.2) is 0 Å². The molecule has 1 aromatic heterocycles. The summed E-state index contributed by atoms with van der Waals surface area (Å²) in [5.41, 5.74) is 1.06. The Morgan fingerprint density at radius 2 is 2.08 bits per heavy atom. The number of thiol groups is 2. The third-order valence-corrected chi connectivity index (χ3v) is 1.99. The molecule has 12 heavy (non-hydrogen) atoms. The lowest BCUT2D eigenvalue weighted by Crippen LogP contribution is -1.95. The smallest absolute Gasteiger partial charge is 0.139 e. The second kappa shape index (κ2) is 4.02. The summed E-state index contributed by atoms with van der Waals surface area (Å²) in [5.74, 6) is 0.0107. The Morgan fingerprint density at radius 1 is 1.42 bits per heavy atom. The second-order valence-corrected chi connectivity index (χ2v) is 3.70. The number of aromatic hydroxyl groups is 1. The molecule has 0 aromatic carbocycles. The molecule has 0 bridgehead atoms. The van der Waals surface area contributed by atoms with Gasteiger partial charge in [-0.05, 0) is 0 Å². The summed E-state index contributed by atoms with van der Waals surface area (Å²) in [6.07, 6.45) is 2.78. The average molecular weight is 203 g/mol. The number of hydrogen-bond acceptors (Lipinski definition) is 5. The topological polar surface area (TPSA) is 53.4 Å². The van der Waals surface area contributed by atoms with E-state index >= 15 is 0 Å². The first-order valence-electron chi connectivity index (χ1n) is 3.29. The van der Waals surface area contributed by atoms with Crippen LogP contribution in [0.1, 0.15) is 15.7 Å². The summed E-state index contributed by atoms with van der Waals surface area (Å²) in [5, 5.41) is 18.2. The molecular formula is C7H9NO2S2. The van der Waals surface area contributed by atoms with Crippen LogP contribution in [-0.2, 0) is 6.61 Å². The maximum absolute atomic E-state index is 9.32. The van der Waals surface area contributed by atoms with Crippen LogP contribution in [0.4, 0.5) is 0 Å². The minimum atomic E-state index is -0.407. The van der Waals surface area contributed by atoms with Crippen LogP contribution in [0.3, 0.4) is 0 Å². The van der Waals surface area contributed by atoms with E-state index in [0.29, 0.717) is 11.1 Å². The van der Waals surface area contributed by atoms with E-state index in [4.69, 9.17) is 5.11 Å². The van der Waals surface area contributed by atoms with Gasteiger partial charge in [0.1, 0.15) is 5.75 Å². The fourth-order valence-electron chi connectivity index (χ4n) is 0.926. The zero-order valence-corrected chi connectivity index (χ0v) is 7.96. The molecule has 0 spiro atoms. The zero-order valence-electron chi connectivity index (χ0n) is 6.18. The Hall–Kier alpha value is -0.390. The largest absolute Gasteiger partial charge is 0.506 e. The van der Waals surface area contributed by atoms with Crippen LogP contribution >= 0.6 is 25.3 Å². The summed E-state index contributed by atoms with van der Waals surface area (Å²) < 4.78 is -0.407. The molecule has 0 fully saturated rings. The van der Waals surface area contributed by atoms with E-state index in [0.717, 1.165) is 0 Å². The molecule has 0 aliphatic heterocycles. The molecular weight excluding hydrogens is 194 g/mol. The number of nitrogens with zero attached hydrogens (tertiary/aromatic N) is 1. The van der Waals surface area contributed by atoms with Crippen molar-refractivity contribution in [3.8, 4) is 5.75 Å². The lowest BCUT2D eigenvalue weighted by atomic mass is 10.1. The normalized spacial score (nSPS) is 10.7. The lowest BCUT2D eigenvalue weighted by Gasteiger charge is -2.10. The average Bonchev–Trinajstić information content (AvgIpc) is 2.03. The van der Waals surface area contributed by atoms with Crippen LogP contribution in [-0.4, -0.2) is 15.2 Å². The van der Waals surface area contributed by atoms with Gasteiger partial charge in [0.2, 0.25) is 0 Å². The van der Waals surface area contributed by atoms with E-state index in [2.05, 4.69) is 30.2 Å². The van der Waals surface area contributed by atoms with Gasteiger partial charge in [0, 0.05) is 17.3 Å². The summed E-state index contributed by atoms with van der Waals surface area (Å²) in [6.45, 7) is -0.172. The lowest BCUT2D eigenvalue weighted by molar-refractivity contribution is 0.279. The van der Waals surface area contributed by atoms with E-state index in [9.17, 15) is 5.11 Å². The van der Waals surface area contributed by atoms with Gasteiger partial charge in [-0.3, -0.25) is 4.98 Å². The van der Waals surface area contributed by atoms with Crippen molar-refractivity contribution < 1.29 is 10.2 Å². The Labute approximate surface area is 81.3 Å². The van der Waals surface area contributed by atoms with Crippen LogP contribution in [0.2, 0.25) is 0 Å². The Kier molecular flexibility index (Phi) is 3.25. The van der Waals surface area contributed by atoms with Crippen molar-refractivity contribution in [2.45, 2.75) is 11.2 Å². The molecule has 1 aromatic rings. The van der Waals surface area contributed by atoms with Gasteiger partial charge in [-0.25, -0.2) is 0 Å². The maximum Gasteiger partial charge on any atom is 0.139 e. The van der Waals surface area contributed by atoms with E-state index in [1.807, 2.05) is 0 Å². The van der Waals surface area contributed by atoms with E-state index in [-0.39, 0.29) is 12.4 Å². The van der Waals surface area contributed by atoms with Gasteiger partial charge in [-0.15, -0.1) is 0 Å². The molecule has 0 aliphatic carbocycles. The van der Waals surface area contributed by atoms with Crippen LogP contribution in [0, 0.1) is 0 Å². The number of rotatable bonds is 2. The van der Waals surface area contributed by atoms with Crippen molar-refractivity contribution in [3.05, 3.63) is 23.5 Å². The molecule has 0 unspecified atom stereocenters. The molecule has 5 heteroatoms. The van der Waals surface area contributed by atoms with Crippen molar-refractivity contribution in [2.75, 3.05) is 0 Å². The first-order chi connectivity index (χ1) is 5.66. The van der Waals surface area contributed by atoms with Crippen molar-refractivity contribution in [1.82, 2.24) is 4.98 Å². The number of pyridine rings is 1. The van der Waals surface area contributed by atoms with Gasteiger partial charge in [-0.2, -0.15) is 25.3 Å². The summed E-state index contributed by atoms with van der Waals surface area (Å²) in [6, 6.07) is 0. The minimum absolute atomic E-state index is 0.0107. The van der Waals surface area contributed by atoms with Gasteiger partial charge in [-0.1, -0.05) is 0 Å². The molecule has 0 amide bonds. The van der Waals surface area contributed by atoms with Gasteiger partial charge < -0.3 is 10.2 Å². The fourth-order valence-corrected chi connectivity index (χ4v) is 1.52. The summed E-state index contributed by atoms with van der Waals surface area (Å²) in [7, 11) is 0. The third-order valence-electron chi connectivity index (χ3n) is 1.48. The predicted molar refractivity (Wildman–Crippen MR) is 52.5 cm³/mol. The summed E-state index contributed by atoms with van der Waals surface area (Å²) in [4.78, 5) is 3.72. The number of aliphatic hydroxyl groups excluding tert-OH is 1. The van der Waals surface area contributed by atoms with Crippen LogP contribution < -0.4 is 0 Å². The second-order valence-electron chi connectivity index (χ2n) is 2.26. The first-order valence-corrected chi connectivity index (χ1v) is 4.33. The number of hydrogen-bond donors (Lipinski definition) is 4. The van der Waals surface area contributed by atoms with Crippen molar-refractivity contribution in [2.24, 2.45) is 0 Å². The van der Waals surface area contributed by atoms with Crippen LogP contribution in [0.5, 0.6) is 5.75 Å². The monoisotopic (exact) mass is 203 g/mol. The number of aromatic nitrogens is 1. The zero-order chi connectivity index (χ0) is 9.14. The molecule has 0 saturated carbocycles. The highest BCUT2D eigenvalue weighted by molar-refractivity contribution is 7.98. The molecule has 2 N–H and O–H groups in total. The quantitative estimate of drug-likeness (QED) is 0.430. The molecule has 3 nitrogen and oxygen atoms in total. The van der Waals surface area contributed by atoms with E-state index in [1.54, 1.807) is 0 Å². The van der Waals surface area contributed by atoms with Gasteiger partial charge in [0.05, 0.1) is 17.4 Å². The molecule has 1 heterocycles. The molecule has 0 saturated heterocycles. The van der Waals surface area contributed by atoms with E-state index in [1.165, 1.54) is 12.4 Å². The summed E-state index contributed by atoms with van der Waals surface area (Å²) >= 11 is 8.09. The molecule has 0 atom stereocenters. The number of aliphatic hydroxyl groups is 1. The maximum atomic E-state index is 9.32. The first kappa shape index (κ1) is 9.70. The Morgan fingerprint density at radius 3 is 2.50 bits per heavy atom. The highest BCUT2D eigenvalue weighted by Gasteiger charge is 2.12. The van der Waals surface area contributed by atoms with Crippen molar-refractivity contribution in [3.63, 3.8) is 0 Å². The molecule has 1 rings (SSSR count). The van der Waals surface area contributed by atoms with Crippen LogP contribution in [0.25, 0.3) is 0 Å². The predicted octanol–water partition coefficient (Wildman–Crippen LogP) is 1.14. The molecule has 66 valence electrons. The third kappa shape index (κ3) is 1.85. The fraction of sp³-hybridized carbons (Fsp3) is 0.286. The van der Waals surface area contributed by atoms with Crippen LogP contribution in [0.15, 0.2) is 12.4 Å². The van der Waals surface area contributed by atoms with Gasteiger partial charge >= 0.3 is 0 Å². The Bertz CT molecular complexity index is 278. The van der Waals surface area contributed by atoms with Crippen molar-refractivity contribution >= 4 is 25.3 Å². The molecule has 0 aliphatic rings. The highest BCUT2D eigenvalue weighted by atomic mass is 32.2. The minimum Gasteiger partial charge on any atom is -0.506 e. The standard InChI is InChI=1S/C7H9NO2S2/c9-3-4-1-8-2-5(10)6(4)7(11)12/h1-2,7,9-12H,3H2. The Balaban J connectivity index is 3.20. The SMILES string of the molecule is OCc1cncc(O)c1C(S)S. The van der Waals surface area contributed by atoms with E-state index < -0.39 is 4.58 Å². The molecule has 0 radical (unpaired) electrons. The van der Waals surface area contributed by atoms with Crippen molar-refractivity contribution in [1.29, 1.82) is 0 Å².